The molecule has 0 N–H and O–H groups in total. The summed E-state index contributed by atoms with van der Waals surface area (Å²) in [4.78, 5) is 20.0. The summed E-state index contributed by atoms with van der Waals surface area (Å²) in [5.41, 5.74) is 2.18. The van der Waals surface area contributed by atoms with Crippen molar-refractivity contribution in [2.24, 2.45) is 0 Å². The Kier molecular flexibility index (Phi) is 3.16. The molecule has 0 aliphatic heterocycles. The molecule has 3 aromatic rings. The van der Waals surface area contributed by atoms with Crippen LogP contribution in [0.2, 0.25) is 0 Å². The Bertz CT molecular complexity index is 764. The van der Waals surface area contributed by atoms with E-state index < -0.39 is 0 Å². The van der Waals surface area contributed by atoms with Crippen molar-refractivity contribution in [3.05, 3.63) is 57.4 Å². The summed E-state index contributed by atoms with van der Waals surface area (Å²) < 4.78 is 7.50. The van der Waals surface area contributed by atoms with E-state index in [1.54, 1.807) is 29.2 Å². The van der Waals surface area contributed by atoms with Gasteiger partial charge in [-0.2, -0.15) is 0 Å². The summed E-state index contributed by atoms with van der Waals surface area (Å²) in [6.07, 6.45) is 5.86. The van der Waals surface area contributed by atoms with Gasteiger partial charge in [-0.25, -0.2) is 9.78 Å². The molecule has 0 spiro atoms. The molecule has 3 aromatic heterocycles. The standard InChI is InChI=1S/C13H10BrN3O2/c14-10-7-11-12(16-8-10)17(13(18)19-11)6-3-9-1-4-15-5-2-9/h1-2,4-5,7-8H,3,6H2. The lowest BCUT2D eigenvalue weighted by Gasteiger charge is -2.01. The highest BCUT2D eigenvalue weighted by Gasteiger charge is 2.10. The lowest BCUT2D eigenvalue weighted by atomic mass is 10.2. The summed E-state index contributed by atoms with van der Waals surface area (Å²) in [6, 6.07) is 5.60. The molecule has 0 amide bonds. The highest BCUT2D eigenvalue weighted by Crippen LogP contribution is 2.16. The monoisotopic (exact) mass is 319 g/mol. The zero-order valence-electron chi connectivity index (χ0n) is 9.91. The van der Waals surface area contributed by atoms with Gasteiger partial charge in [0.1, 0.15) is 0 Å². The first-order valence-electron chi connectivity index (χ1n) is 5.78. The molecule has 96 valence electrons. The molecule has 0 atom stereocenters. The van der Waals surface area contributed by atoms with Gasteiger partial charge in [0.05, 0.1) is 0 Å². The topological polar surface area (TPSA) is 60.9 Å². The number of aromatic nitrogens is 3. The normalized spacial score (nSPS) is 11.0. The first kappa shape index (κ1) is 12.1. The van der Waals surface area contributed by atoms with E-state index >= 15 is 0 Å². The van der Waals surface area contributed by atoms with Crippen LogP contribution < -0.4 is 5.76 Å². The van der Waals surface area contributed by atoms with Crippen LogP contribution in [0.25, 0.3) is 11.2 Å². The van der Waals surface area contributed by atoms with Crippen molar-refractivity contribution < 1.29 is 4.42 Å². The molecule has 3 rings (SSSR count). The van der Waals surface area contributed by atoms with E-state index in [0.29, 0.717) is 17.8 Å². The fourth-order valence-electron chi connectivity index (χ4n) is 1.91. The number of halogens is 1. The number of rotatable bonds is 3. The summed E-state index contributed by atoms with van der Waals surface area (Å²) >= 11 is 3.30. The van der Waals surface area contributed by atoms with Crippen molar-refractivity contribution in [3.63, 3.8) is 0 Å². The molecule has 0 aliphatic rings. The molecule has 0 fully saturated rings. The van der Waals surface area contributed by atoms with E-state index in [2.05, 4.69) is 25.9 Å². The average Bonchev–Trinajstić information content (AvgIpc) is 2.72. The maximum atomic E-state index is 11.8. The van der Waals surface area contributed by atoms with Crippen LogP contribution >= 0.6 is 15.9 Å². The molecule has 3 heterocycles. The Morgan fingerprint density at radius 3 is 2.89 bits per heavy atom. The minimum absolute atomic E-state index is 0.380. The van der Waals surface area contributed by atoms with Crippen molar-refractivity contribution in [1.82, 2.24) is 14.5 Å². The van der Waals surface area contributed by atoms with Gasteiger partial charge in [-0.1, -0.05) is 0 Å². The smallest absolute Gasteiger partial charge is 0.406 e. The quantitative estimate of drug-likeness (QED) is 0.743. The first-order chi connectivity index (χ1) is 9.24. The van der Waals surface area contributed by atoms with Crippen molar-refractivity contribution >= 4 is 27.2 Å². The minimum Gasteiger partial charge on any atom is -0.406 e. The second-order valence-corrected chi connectivity index (χ2v) is 5.02. The lowest BCUT2D eigenvalue weighted by molar-refractivity contribution is 0.504. The van der Waals surface area contributed by atoms with Crippen LogP contribution in [0.3, 0.4) is 0 Å². The van der Waals surface area contributed by atoms with Gasteiger partial charge in [0.15, 0.2) is 11.2 Å². The highest BCUT2D eigenvalue weighted by molar-refractivity contribution is 9.10. The largest absolute Gasteiger partial charge is 0.421 e. The van der Waals surface area contributed by atoms with Gasteiger partial charge in [-0.15, -0.1) is 0 Å². The van der Waals surface area contributed by atoms with Crippen LogP contribution in [0.5, 0.6) is 0 Å². The number of nitrogens with zero attached hydrogens (tertiary/aromatic N) is 3. The molecule has 5 nitrogen and oxygen atoms in total. The van der Waals surface area contributed by atoms with Gasteiger partial charge < -0.3 is 4.42 Å². The van der Waals surface area contributed by atoms with Crippen LogP contribution in [-0.2, 0) is 13.0 Å². The van der Waals surface area contributed by atoms with E-state index in [0.717, 1.165) is 16.5 Å². The Morgan fingerprint density at radius 1 is 1.32 bits per heavy atom. The molecule has 0 aromatic carbocycles. The molecule has 0 saturated heterocycles. The predicted octanol–water partition coefficient (Wildman–Crippen LogP) is 2.39. The highest BCUT2D eigenvalue weighted by atomic mass is 79.9. The van der Waals surface area contributed by atoms with E-state index in [-0.39, 0.29) is 5.76 Å². The molecule has 0 unspecified atom stereocenters. The van der Waals surface area contributed by atoms with Crippen molar-refractivity contribution in [1.29, 1.82) is 0 Å². The second kappa shape index (κ2) is 4.97. The molecular formula is C13H10BrN3O2. The Morgan fingerprint density at radius 2 is 2.11 bits per heavy atom. The first-order valence-corrected chi connectivity index (χ1v) is 6.57. The molecule has 6 heteroatoms. The maximum Gasteiger partial charge on any atom is 0.421 e. The number of aryl methyl sites for hydroxylation is 2. The Hall–Kier alpha value is -1.95. The van der Waals surface area contributed by atoms with Gasteiger partial charge in [0.25, 0.3) is 0 Å². The zero-order valence-corrected chi connectivity index (χ0v) is 11.5. The summed E-state index contributed by atoms with van der Waals surface area (Å²) in [7, 11) is 0. The van der Waals surface area contributed by atoms with Gasteiger partial charge in [-0.3, -0.25) is 9.55 Å². The van der Waals surface area contributed by atoms with Gasteiger partial charge in [0, 0.05) is 35.7 Å². The van der Waals surface area contributed by atoms with Gasteiger partial charge >= 0.3 is 5.76 Å². The zero-order chi connectivity index (χ0) is 13.2. The van der Waals surface area contributed by atoms with Crippen molar-refractivity contribution in [2.45, 2.75) is 13.0 Å². The predicted molar refractivity (Wildman–Crippen MR) is 73.9 cm³/mol. The van der Waals surface area contributed by atoms with Gasteiger partial charge in [-0.05, 0) is 40.0 Å². The van der Waals surface area contributed by atoms with Crippen molar-refractivity contribution in [2.75, 3.05) is 0 Å². The van der Waals surface area contributed by atoms with E-state index in [9.17, 15) is 4.79 Å². The SMILES string of the molecule is O=c1oc2cc(Br)cnc2n1CCc1ccncc1. The molecule has 19 heavy (non-hydrogen) atoms. The average molecular weight is 320 g/mol. The van der Waals surface area contributed by atoms with Crippen LogP contribution in [-0.4, -0.2) is 14.5 Å². The third-order valence-electron chi connectivity index (χ3n) is 2.85. The van der Waals surface area contributed by atoms with Crippen LogP contribution in [0, 0.1) is 0 Å². The van der Waals surface area contributed by atoms with Crippen LogP contribution in [0.15, 0.2) is 50.5 Å². The summed E-state index contributed by atoms with van der Waals surface area (Å²) in [5.74, 6) is -0.380. The third-order valence-corrected chi connectivity index (χ3v) is 3.28. The Balaban J connectivity index is 1.93. The Labute approximate surface area is 117 Å². The number of hydrogen-bond donors (Lipinski definition) is 0. The minimum atomic E-state index is -0.380. The molecular weight excluding hydrogens is 310 g/mol. The number of oxazole rings is 1. The molecule has 0 saturated carbocycles. The lowest BCUT2D eigenvalue weighted by Crippen LogP contribution is -2.16. The number of pyridine rings is 2. The molecule has 0 bridgehead atoms. The third kappa shape index (κ3) is 2.44. The number of fused-ring (bicyclic) bond motifs is 1. The molecule has 0 radical (unpaired) electrons. The van der Waals surface area contributed by atoms with Crippen molar-refractivity contribution in [3.8, 4) is 0 Å². The fourth-order valence-corrected chi connectivity index (χ4v) is 2.22. The fraction of sp³-hybridized carbons (Fsp3) is 0.154. The molecule has 0 aliphatic carbocycles. The van der Waals surface area contributed by atoms with Crippen LogP contribution in [0.4, 0.5) is 0 Å². The van der Waals surface area contributed by atoms with E-state index in [1.165, 1.54) is 0 Å². The summed E-state index contributed by atoms with van der Waals surface area (Å²) in [6.45, 7) is 0.532. The second-order valence-electron chi connectivity index (χ2n) is 4.10. The van der Waals surface area contributed by atoms with E-state index in [4.69, 9.17) is 4.42 Å². The maximum absolute atomic E-state index is 11.8. The summed E-state index contributed by atoms with van der Waals surface area (Å²) in [5, 5.41) is 0. The number of hydrogen-bond acceptors (Lipinski definition) is 4. The van der Waals surface area contributed by atoms with Gasteiger partial charge in [0.2, 0.25) is 0 Å². The van der Waals surface area contributed by atoms with Crippen LogP contribution in [0.1, 0.15) is 5.56 Å². The van der Waals surface area contributed by atoms with E-state index in [1.807, 2.05) is 12.1 Å².